The van der Waals surface area contributed by atoms with Gasteiger partial charge in [-0.05, 0) is 79.0 Å². The fraction of sp³-hybridized carbons (Fsp3) is 0.667. The Balaban J connectivity index is 1.68. The van der Waals surface area contributed by atoms with Gasteiger partial charge in [0.15, 0.2) is 0 Å². The fourth-order valence-corrected chi connectivity index (χ4v) is 5.30. The molecule has 3 aliphatic rings. The maximum absolute atomic E-state index is 5.39. The van der Waals surface area contributed by atoms with Gasteiger partial charge in [-0.1, -0.05) is 18.9 Å². The van der Waals surface area contributed by atoms with Crippen LogP contribution in [0.1, 0.15) is 55.6 Å². The van der Waals surface area contributed by atoms with Crippen molar-refractivity contribution in [1.82, 2.24) is 0 Å². The van der Waals surface area contributed by atoms with E-state index in [1.54, 1.807) is 18.2 Å². The Morgan fingerprint density at radius 2 is 1.95 bits per heavy atom. The van der Waals surface area contributed by atoms with E-state index in [1.807, 2.05) is 0 Å². The molecule has 0 radical (unpaired) electrons. The predicted molar refractivity (Wildman–Crippen MR) is 77.6 cm³/mol. The maximum Gasteiger partial charge on any atom is 0.119 e. The Bertz CT molecular complexity index is 479. The lowest BCUT2D eigenvalue weighted by atomic mass is 9.61. The highest BCUT2D eigenvalue weighted by Gasteiger charge is 2.43. The molecule has 3 aliphatic carbocycles. The zero-order valence-corrected chi connectivity index (χ0v) is 11.9. The number of benzene rings is 1. The first kappa shape index (κ1) is 11.8. The molecule has 1 aromatic rings. The van der Waals surface area contributed by atoms with Crippen LogP contribution in [0.15, 0.2) is 18.2 Å². The molecule has 0 aliphatic heterocycles. The quantitative estimate of drug-likeness (QED) is 0.716. The van der Waals surface area contributed by atoms with E-state index in [-0.39, 0.29) is 0 Å². The van der Waals surface area contributed by atoms with E-state index in [0.717, 1.165) is 29.4 Å². The zero-order chi connectivity index (χ0) is 12.8. The lowest BCUT2D eigenvalue weighted by Gasteiger charge is -2.44. The third-order valence-electron chi connectivity index (χ3n) is 6.13. The van der Waals surface area contributed by atoms with Crippen molar-refractivity contribution >= 4 is 0 Å². The predicted octanol–water partition coefficient (Wildman–Crippen LogP) is 4.55. The Kier molecular flexibility index (Phi) is 2.82. The monoisotopic (exact) mass is 256 g/mol. The van der Waals surface area contributed by atoms with Crippen LogP contribution >= 0.6 is 0 Å². The fourth-order valence-electron chi connectivity index (χ4n) is 5.30. The van der Waals surface area contributed by atoms with Crippen LogP contribution in [0.2, 0.25) is 0 Å². The van der Waals surface area contributed by atoms with Gasteiger partial charge in [-0.15, -0.1) is 0 Å². The van der Waals surface area contributed by atoms with Crippen LogP contribution in [0.25, 0.3) is 0 Å². The third-order valence-corrected chi connectivity index (χ3v) is 6.13. The summed E-state index contributed by atoms with van der Waals surface area (Å²) in [5, 5.41) is 0. The van der Waals surface area contributed by atoms with Crippen molar-refractivity contribution in [2.45, 2.75) is 50.9 Å². The summed E-state index contributed by atoms with van der Waals surface area (Å²) >= 11 is 0. The lowest BCUT2D eigenvalue weighted by Crippen LogP contribution is -2.34. The Hall–Kier alpha value is -0.980. The first-order valence-electron chi connectivity index (χ1n) is 8.03. The highest BCUT2D eigenvalue weighted by molar-refractivity contribution is 5.40. The smallest absolute Gasteiger partial charge is 0.119 e. The molecule has 19 heavy (non-hydrogen) atoms. The molecule has 1 nitrogen and oxygen atoms in total. The van der Waals surface area contributed by atoms with Crippen molar-refractivity contribution in [1.29, 1.82) is 0 Å². The van der Waals surface area contributed by atoms with Crippen molar-refractivity contribution in [3.05, 3.63) is 29.3 Å². The first-order chi connectivity index (χ1) is 9.36. The van der Waals surface area contributed by atoms with Crippen LogP contribution in [0, 0.1) is 17.8 Å². The van der Waals surface area contributed by atoms with Crippen molar-refractivity contribution < 1.29 is 4.74 Å². The van der Waals surface area contributed by atoms with Gasteiger partial charge in [-0.25, -0.2) is 0 Å². The summed E-state index contributed by atoms with van der Waals surface area (Å²) < 4.78 is 5.39. The Labute approximate surface area is 116 Å². The minimum atomic E-state index is 0.856. The van der Waals surface area contributed by atoms with E-state index >= 15 is 0 Å². The van der Waals surface area contributed by atoms with Crippen LogP contribution in [0.3, 0.4) is 0 Å². The van der Waals surface area contributed by atoms with Gasteiger partial charge in [0.05, 0.1) is 7.11 Å². The average molecular weight is 256 g/mol. The number of rotatable bonds is 1. The normalized spacial score (nSPS) is 36.3. The largest absolute Gasteiger partial charge is 0.497 e. The first-order valence-corrected chi connectivity index (χ1v) is 8.03. The SMILES string of the molecule is COc1ccc2c(c1)CC[C@H]1[C@@H]3CCC[C@H]3CC[C@H]21. The van der Waals surface area contributed by atoms with Crippen molar-refractivity contribution in [3.63, 3.8) is 0 Å². The van der Waals surface area contributed by atoms with Gasteiger partial charge < -0.3 is 4.74 Å². The van der Waals surface area contributed by atoms with Gasteiger partial charge >= 0.3 is 0 Å². The molecule has 4 atom stereocenters. The summed E-state index contributed by atoms with van der Waals surface area (Å²) in [6, 6.07) is 6.81. The van der Waals surface area contributed by atoms with E-state index in [4.69, 9.17) is 4.74 Å². The molecule has 0 saturated heterocycles. The lowest BCUT2D eigenvalue weighted by molar-refractivity contribution is 0.136. The van der Waals surface area contributed by atoms with E-state index in [1.165, 1.54) is 44.9 Å². The summed E-state index contributed by atoms with van der Waals surface area (Å²) in [7, 11) is 1.77. The number of hydrogen-bond donors (Lipinski definition) is 0. The summed E-state index contributed by atoms with van der Waals surface area (Å²) in [4.78, 5) is 0. The van der Waals surface area contributed by atoms with Crippen LogP contribution in [0.5, 0.6) is 5.75 Å². The summed E-state index contributed by atoms with van der Waals surface area (Å²) in [6.07, 6.45) is 10.1. The van der Waals surface area contributed by atoms with Crippen LogP contribution in [-0.2, 0) is 6.42 Å². The van der Waals surface area contributed by atoms with Gasteiger partial charge in [0.2, 0.25) is 0 Å². The van der Waals surface area contributed by atoms with Crippen LogP contribution < -0.4 is 4.74 Å². The summed E-state index contributed by atoms with van der Waals surface area (Å²) in [5.74, 6) is 5.00. The van der Waals surface area contributed by atoms with Gasteiger partial charge in [-0.2, -0.15) is 0 Å². The number of ether oxygens (including phenoxy) is 1. The minimum Gasteiger partial charge on any atom is -0.497 e. The highest BCUT2D eigenvalue weighted by Crippen LogP contribution is 2.55. The standard InChI is InChI=1S/C18H24O/c1-19-14-7-10-16-13(11-14)6-9-17-15-4-2-3-12(15)5-8-18(16)17/h7,10-12,15,17-18H,2-6,8-9H2,1H3/t12-,15+,17-,18+/m0/s1. The second-order valence-electron chi connectivity index (χ2n) is 6.81. The molecule has 0 heterocycles. The molecule has 0 aromatic heterocycles. The second-order valence-corrected chi connectivity index (χ2v) is 6.81. The Morgan fingerprint density at radius 1 is 1.00 bits per heavy atom. The third kappa shape index (κ3) is 1.81. The van der Waals surface area contributed by atoms with Crippen molar-refractivity contribution in [3.8, 4) is 5.75 Å². The number of fused-ring (bicyclic) bond motifs is 5. The summed E-state index contributed by atoms with van der Waals surface area (Å²) in [5.41, 5.74) is 3.22. The molecule has 0 unspecified atom stereocenters. The van der Waals surface area contributed by atoms with Gasteiger partial charge in [-0.3, -0.25) is 0 Å². The molecule has 102 valence electrons. The summed E-state index contributed by atoms with van der Waals surface area (Å²) in [6.45, 7) is 0. The van der Waals surface area contributed by atoms with E-state index in [9.17, 15) is 0 Å². The molecule has 1 aromatic carbocycles. The minimum absolute atomic E-state index is 0.856. The number of methoxy groups -OCH3 is 1. The molecule has 0 amide bonds. The molecule has 2 fully saturated rings. The van der Waals surface area contributed by atoms with E-state index < -0.39 is 0 Å². The number of aryl methyl sites for hydroxylation is 1. The molecule has 2 saturated carbocycles. The van der Waals surface area contributed by atoms with E-state index in [0.29, 0.717) is 0 Å². The Morgan fingerprint density at radius 3 is 2.84 bits per heavy atom. The number of hydrogen-bond acceptors (Lipinski definition) is 1. The van der Waals surface area contributed by atoms with Crippen LogP contribution in [0.4, 0.5) is 0 Å². The molecule has 4 rings (SSSR count). The molecule has 0 spiro atoms. The topological polar surface area (TPSA) is 9.23 Å². The van der Waals surface area contributed by atoms with Gasteiger partial charge in [0, 0.05) is 0 Å². The second kappa shape index (κ2) is 4.54. The molecule has 1 heteroatoms. The molecular weight excluding hydrogens is 232 g/mol. The van der Waals surface area contributed by atoms with Gasteiger partial charge in [0.1, 0.15) is 5.75 Å². The zero-order valence-electron chi connectivity index (χ0n) is 11.9. The van der Waals surface area contributed by atoms with Gasteiger partial charge in [0.25, 0.3) is 0 Å². The van der Waals surface area contributed by atoms with Crippen molar-refractivity contribution in [2.75, 3.05) is 7.11 Å². The highest BCUT2D eigenvalue weighted by atomic mass is 16.5. The average Bonchev–Trinajstić information content (AvgIpc) is 2.94. The molecular formula is C18H24O. The van der Waals surface area contributed by atoms with E-state index in [2.05, 4.69) is 18.2 Å². The molecule has 0 bridgehead atoms. The van der Waals surface area contributed by atoms with Crippen molar-refractivity contribution in [2.24, 2.45) is 17.8 Å². The molecule has 0 N–H and O–H groups in total. The maximum atomic E-state index is 5.39. The van der Waals surface area contributed by atoms with Crippen LogP contribution in [-0.4, -0.2) is 7.11 Å².